The Morgan fingerprint density at radius 2 is 2.12 bits per heavy atom. The molecule has 1 aromatic carbocycles. The van der Waals surface area contributed by atoms with Gasteiger partial charge in [-0.05, 0) is 23.7 Å². The molecule has 0 aliphatic carbocycles. The van der Waals surface area contributed by atoms with Crippen molar-refractivity contribution >= 4 is 28.3 Å². The van der Waals surface area contributed by atoms with Crippen molar-refractivity contribution in [1.82, 2.24) is 9.97 Å². The van der Waals surface area contributed by atoms with Crippen LogP contribution in [0.15, 0.2) is 24.3 Å². The Morgan fingerprint density at radius 1 is 1.31 bits per heavy atom. The quantitative estimate of drug-likeness (QED) is 0.502. The topological polar surface area (TPSA) is 37.8 Å². The summed E-state index contributed by atoms with van der Waals surface area (Å²) < 4.78 is 0. The molecular weight excluding hydrogens is 222 g/mol. The molecule has 0 aliphatic heterocycles. The number of fused-ring (bicyclic) bond motifs is 1. The van der Waals surface area contributed by atoms with Crippen LogP contribution in [0.3, 0.4) is 0 Å². The third-order valence-electron chi connectivity index (χ3n) is 2.14. The zero-order chi connectivity index (χ0) is 11.4. The second-order valence-electron chi connectivity index (χ2n) is 3.24. The highest BCUT2D eigenvalue weighted by Gasteiger charge is 2.04. The monoisotopic (exact) mass is 231 g/mol. The van der Waals surface area contributed by atoms with E-state index in [9.17, 15) is 0 Å². The number of nitrogens with zero attached hydrogens (tertiary/aromatic N) is 2. The van der Waals surface area contributed by atoms with Gasteiger partial charge in [0.2, 0.25) is 5.28 Å². The van der Waals surface area contributed by atoms with Crippen LogP contribution in [-0.2, 0) is 0 Å². The minimum atomic E-state index is 0.238. The van der Waals surface area contributed by atoms with Crippen LogP contribution in [0, 0.1) is 12.3 Å². The van der Waals surface area contributed by atoms with Crippen molar-refractivity contribution in [3.05, 3.63) is 29.5 Å². The fraction of sp³-hybridized carbons (Fsp3) is 0.167. The van der Waals surface area contributed by atoms with E-state index in [1.807, 2.05) is 24.3 Å². The van der Waals surface area contributed by atoms with Gasteiger partial charge < -0.3 is 5.32 Å². The fourth-order valence-corrected chi connectivity index (χ4v) is 1.61. The molecule has 2 aromatic rings. The molecule has 0 amide bonds. The van der Waals surface area contributed by atoms with E-state index in [0.29, 0.717) is 13.0 Å². The molecule has 16 heavy (non-hydrogen) atoms. The molecular formula is C12H10ClN3. The van der Waals surface area contributed by atoms with Crippen molar-refractivity contribution in [2.24, 2.45) is 0 Å². The zero-order valence-electron chi connectivity index (χ0n) is 8.57. The average Bonchev–Trinajstić information content (AvgIpc) is 2.29. The molecule has 3 nitrogen and oxygen atoms in total. The first-order chi connectivity index (χ1) is 7.81. The summed E-state index contributed by atoms with van der Waals surface area (Å²) in [6, 6.07) is 7.70. The normalized spacial score (nSPS) is 10.0. The van der Waals surface area contributed by atoms with E-state index in [1.54, 1.807) is 0 Å². The molecule has 0 radical (unpaired) electrons. The Morgan fingerprint density at radius 3 is 2.94 bits per heavy atom. The lowest BCUT2D eigenvalue weighted by Crippen LogP contribution is -2.04. The number of para-hydroxylation sites is 1. The molecule has 0 bridgehead atoms. The predicted molar refractivity (Wildman–Crippen MR) is 66.5 cm³/mol. The molecule has 80 valence electrons. The van der Waals surface area contributed by atoms with Crippen LogP contribution < -0.4 is 5.32 Å². The molecule has 1 N–H and O–H groups in total. The van der Waals surface area contributed by atoms with E-state index in [0.717, 1.165) is 16.7 Å². The summed E-state index contributed by atoms with van der Waals surface area (Å²) in [5, 5.41) is 4.34. The lowest BCUT2D eigenvalue weighted by molar-refractivity contribution is 1.07. The number of terminal acetylenes is 1. The number of aromatic nitrogens is 2. The van der Waals surface area contributed by atoms with Crippen molar-refractivity contribution in [2.45, 2.75) is 6.42 Å². The first-order valence-electron chi connectivity index (χ1n) is 4.91. The van der Waals surface area contributed by atoms with E-state index in [4.69, 9.17) is 18.0 Å². The van der Waals surface area contributed by atoms with Crippen LogP contribution in [0.2, 0.25) is 5.28 Å². The van der Waals surface area contributed by atoms with Gasteiger partial charge in [-0.2, -0.15) is 0 Å². The second kappa shape index (κ2) is 4.82. The van der Waals surface area contributed by atoms with E-state index in [2.05, 4.69) is 21.2 Å². The van der Waals surface area contributed by atoms with Crippen molar-refractivity contribution in [3.63, 3.8) is 0 Å². The molecule has 4 heteroatoms. The molecule has 2 rings (SSSR count). The Kier molecular flexibility index (Phi) is 3.23. The maximum atomic E-state index is 5.83. The van der Waals surface area contributed by atoms with Crippen LogP contribution >= 0.6 is 11.6 Å². The van der Waals surface area contributed by atoms with E-state index in [-0.39, 0.29) is 5.28 Å². The SMILES string of the molecule is C#CCCNc1nc(Cl)nc2ccccc12. The van der Waals surface area contributed by atoms with Crippen LogP contribution in [0.1, 0.15) is 6.42 Å². The number of benzene rings is 1. The Bertz CT molecular complexity index is 545. The van der Waals surface area contributed by atoms with Crippen LogP contribution in [0.25, 0.3) is 10.9 Å². The summed E-state index contributed by atoms with van der Waals surface area (Å²) in [5.41, 5.74) is 0.825. The molecule has 1 aromatic heterocycles. The highest BCUT2D eigenvalue weighted by molar-refractivity contribution is 6.28. The smallest absolute Gasteiger partial charge is 0.224 e. The highest BCUT2D eigenvalue weighted by atomic mass is 35.5. The third-order valence-corrected chi connectivity index (χ3v) is 2.31. The average molecular weight is 232 g/mol. The molecule has 0 saturated carbocycles. The lowest BCUT2D eigenvalue weighted by atomic mass is 10.2. The van der Waals surface area contributed by atoms with Gasteiger partial charge in [-0.3, -0.25) is 0 Å². The van der Waals surface area contributed by atoms with E-state index >= 15 is 0 Å². The Balaban J connectivity index is 2.39. The van der Waals surface area contributed by atoms with Crippen molar-refractivity contribution in [3.8, 4) is 12.3 Å². The summed E-state index contributed by atoms with van der Waals surface area (Å²) in [7, 11) is 0. The maximum absolute atomic E-state index is 5.83. The third kappa shape index (κ3) is 2.23. The van der Waals surface area contributed by atoms with Crippen LogP contribution in [0.4, 0.5) is 5.82 Å². The van der Waals surface area contributed by atoms with Gasteiger partial charge in [0.25, 0.3) is 0 Å². The number of anilines is 1. The molecule has 0 spiro atoms. The molecule has 0 saturated heterocycles. The summed E-state index contributed by atoms with van der Waals surface area (Å²) in [6.45, 7) is 0.674. The number of halogens is 1. The summed E-state index contributed by atoms with van der Waals surface area (Å²) in [4.78, 5) is 8.29. The first kappa shape index (κ1) is 10.7. The van der Waals surface area contributed by atoms with Gasteiger partial charge in [-0.15, -0.1) is 12.3 Å². The summed E-state index contributed by atoms with van der Waals surface area (Å²) >= 11 is 5.83. The number of nitrogens with one attached hydrogen (secondary N) is 1. The standard InChI is InChI=1S/C12H10ClN3/c1-2-3-8-14-11-9-6-4-5-7-10(9)15-12(13)16-11/h1,4-7H,3,8H2,(H,14,15,16). The van der Waals surface area contributed by atoms with Gasteiger partial charge in [-0.1, -0.05) is 12.1 Å². The summed E-state index contributed by atoms with van der Waals surface area (Å²) in [6.07, 6.45) is 5.84. The minimum Gasteiger partial charge on any atom is -0.368 e. The fourth-order valence-electron chi connectivity index (χ4n) is 1.44. The summed E-state index contributed by atoms with van der Waals surface area (Å²) in [5.74, 6) is 3.29. The van der Waals surface area contributed by atoms with Gasteiger partial charge in [-0.25, -0.2) is 9.97 Å². The lowest BCUT2D eigenvalue weighted by Gasteiger charge is -2.07. The molecule has 0 atom stereocenters. The van der Waals surface area contributed by atoms with Crippen LogP contribution in [-0.4, -0.2) is 16.5 Å². The van der Waals surface area contributed by atoms with Crippen molar-refractivity contribution in [2.75, 3.05) is 11.9 Å². The van der Waals surface area contributed by atoms with Gasteiger partial charge in [0, 0.05) is 18.4 Å². The highest BCUT2D eigenvalue weighted by Crippen LogP contribution is 2.21. The van der Waals surface area contributed by atoms with Crippen LogP contribution in [0.5, 0.6) is 0 Å². The number of hydrogen-bond acceptors (Lipinski definition) is 3. The van der Waals surface area contributed by atoms with E-state index < -0.39 is 0 Å². The van der Waals surface area contributed by atoms with E-state index in [1.165, 1.54) is 0 Å². The minimum absolute atomic E-state index is 0.238. The van der Waals surface area contributed by atoms with Gasteiger partial charge in [0.1, 0.15) is 5.82 Å². The zero-order valence-corrected chi connectivity index (χ0v) is 9.33. The molecule has 0 aliphatic rings. The largest absolute Gasteiger partial charge is 0.368 e. The Labute approximate surface area is 98.9 Å². The van der Waals surface area contributed by atoms with Crippen molar-refractivity contribution < 1.29 is 0 Å². The first-order valence-corrected chi connectivity index (χ1v) is 5.28. The van der Waals surface area contributed by atoms with Gasteiger partial charge >= 0.3 is 0 Å². The second-order valence-corrected chi connectivity index (χ2v) is 3.58. The van der Waals surface area contributed by atoms with Crippen molar-refractivity contribution in [1.29, 1.82) is 0 Å². The Hall–Kier alpha value is -1.79. The number of rotatable bonds is 3. The maximum Gasteiger partial charge on any atom is 0.224 e. The molecule has 0 unspecified atom stereocenters. The number of hydrogen-bond donors (Lipinski definition) is 1. The molecule has 0 fully saturated rings. The van der Waals surface area contributed by atoms with Gasteiger partial charge in [0.05, 0.1) is 5.52 Å². The molecule has 1 heterocycles. The van der Waals surface area contributed by atoms with Gasteiger partial charge in [0.15, 0.2) is 0 Å². The predicted octanol–water partition coefficient (Wildman–Crippen LogP) is 2.72.